The summed E-state index contributed by atoms with van der Waals surface area (Å²) in [6.45, 7) is 1.86. The topological polar surface area (TPSA) is 92.3 Å². The van der Waals surface area contributed by atoms with Crippen LogP contribution >= 0.6 is 0 Å². The molecule has 6 nitrogen and oxygen atoms in total. The number of nitrogens with one attached hydrogen (secondary N) is 2. The van der Waals surface area contributed by atoms with Crippen molar-refractivity contribution in [2.24, 2.45) is 0 Å². The number of sulfonamides is 1. The third-order valence-electron chi connectivity index (χ3n) is 5.08. The SMILES string of the molecule is Cc1ccc(S(=O)(=O)Nc2ccccc2C(=O)Nc2ccc3ccccc3c2C=O)cc1. The molecule has 0 bridgehead atoms. The number of aryl methyl sites for hydroxylation is 1. The van der Waals surface area contributed by atoms with Crippen LogP contribution in [0.15, 0.2) is 89.8 Å². The van der Waals surface area contributed by atoms with Crippen LogP contribution in [-0.4, -0.2) is 20.6 Å². The molecule has 0 saturated heterocycles. The molecular formula is C25H20N2O4S. The molecule has 0 fully saturated rings. The summed E-state index contributed by atoms with van der Waals surface area (Å²) in [4.78, 5) is 24.9. The monoisotopic (exact) mass is 444 g/mol. The van der Waals surface area contributed by atoms with E-state index in [1.165, 1.54) is 24.3 Å². The van der Waals surface area contributed by atoms with E-state index in [4.69, 9.17) is 0 Å². The van der Waals surface area contributed by atoms with E-state index in [-0.39, 0.29) is 16.1 Å². The highest BCUT2D eigenvalue weighted by molar-refractivity contribution is 7.92. The largest absolute Gasteiger partial charge is 0.321 e. The Kier molecular flexibility index (Phi) is 5.75. The van der Waals surface area contributed by atoms with Gasteiger partial charge in [0, 0.05) is 5.56 Å². The van der Waals surface area contributed by atoms with Gasteiger partial charge in [0.25, 0.3) is 15.9 Å². The maximum atomic E-state index is 13.0. The van der Waals surface area contributed by atoms with E-state index in [0.29, 0.717) is 22.9 Å². The van der Waals surface area contributed by atoms with Gasteiger partial charge < -0.3 is 5.32 Å². The molecule has 4 aromatic rings. The molecular weight excluding hydrogens is 424 g/mol. The van der Waals surface area contributed by atoms with Crippen molar-refractivity contribution in [3.8, 4) is 0 Å². The quantitative estimate of drug-likeness (QED) is 0.409. The first-order valence-electron chi connectivity index (χ1n) is 9.86. The van der Waals surface area contributed by atoms with Gasteiger partial charge in [0.15, 0.2) is 6.29 Å². The second-order valence-corrected chi connectivity index (χ2v) is 8.97. The van der Waals surface area contributed by atoms with Crippen molar-refractivity contribution in [1.82, 2.24) is 0 Å². The smallest absolute Gasteiger partial charge is 0.261 e. The number of carbonyl (C=O) groups excluding carboxylic acids is 2. The molecule has 32 heavy (non-hydrogen) atoms. The Labute approximate surface area is 186 Å². The van der Waals surface area contributed by atoms with Crippen LogP contribution in [0.3, 0.4) is 0 Å². The van der Waals surface area contributed by atoms with Gasteiger partial charge in [-0.2, -0.15) is 0 Å². The van der Waals surface area contributed by atoms with Crippen LogP contribution in [0, 0.1) is 6.92 Å². The Hall–Kier alpha value is -3.97. The van der Waals surface area contributed by atoms with Crippen LogP contribution < -0.4 is 10.0 Å². The molecule has 0 radical (unpaired) electrons. The summed E-state index contributed by atoms with van der Waals surface area (Å²) in [5, 5.41) is 4.33. The maximum absolute atomic E-state index is 13.0. The number of carbonyl (C=O) groups is 2. The number of anilines is 2. The van der Waals surface area contributed by atoms with E-state index in [0.717, 1.165) is 10.9 Å². The van der Waals surface area contributed by atoms with E-state index in [1.807, 2.05) is 31.2 Å². The van der Waals surface area contributed by atoms with Crippen LogP contribution in [0.2, 0.25) is 0 Å². The number of fused-ring (bicyclic) bond motifs is 1. The van der Waals surface area contributed by atoms with Crippen LogP contribution in [-0.2, 0) is 10.0 Å². The van der Waals surface area contributed by atoms with Crippen molar-refractivity contribution >= 4 is 44.4 Å². The fraction of sp³-hybridized carbons (Fsp3) is 0.0400. The number of hydrogen-bond acceptors (Lipinski definition) is 4. The Morgan fingerprint density at radius 3 is 2.25 bits per heavy atom. The number of benzene rings is 4. The van der Waals surface area contributed by atoms with Gasteiger partial charge in [-0.1, -0.05) is 60.2 Å². The number of rotatable bonds is 6. The summed E-state index contributed by atoms with van der Waals surface area (Å²) >= 11 is 0. The van der Waals surface area contributed by atoms with Gasteiger partial charge in [0.05, 0.1) is 21.8 Å². The molecule has 0 aliphatic carbocycles. The molecule has 0 aliphatic heterocycles. The molecule has 0 unspecified atom stereocenters. The first-order chi connectivity index (χ1) is 15.4. The second kappa shape index (κ2) is 8.64. The first-order valence-corrected chi connectivity index (χ1v) is 11.3. The highest BCUT2D eigenvalue weighted by atomic mass is 32.2. The summed E-state index contributed by atoms with van der Waals surface area (Å²) in [6, 6.07) is 23.6. The van der Waals surface area contributed by atoms with E-state index in [2.05, 4.69) is 10.0 Å². The lowest BCUT2D eigenvalue weighted by Gasteiger charge is -2.14. The fourth-order valence-electron chi connectivity index (χ4n) is 3.41. The lowest BCUT2D eigenvalue weighted by Crippen LogP contribution is -2.19. The van der Waals surface area contributed by atoms with Crippen molar-refractivity contribution < 1.29 is 18.0 Å². The summed E-state index contributed by atoms with van der Waals surface area (Å²) in [5.74, 6) is -0.536. The van der Waals surface area contributed by atoms with Crippen molar-refractivity contribution in [2.45, 2.75) is 11.8 Å². The predicted molar refractivity (Wildman–Crippen MR) is 126 cm³/mol. The molecule has 1 amide bonds. The van der Waals surface area contributed by atoms with Gasteiger partial charge in [-0.3, -0.25) is 14.3 Å². The van der Waals surface area contributed by atoms with Crippen LogP contribution in [0.25, 0.3) is 10.8 Å². The van der Waals surface area contributed by atoms with Crippen LogP contribution in [0.1, 0.15) is 26.3 Å². The molecule has 0 atom stereocenters. The Morgan fingerprint density at radius 2 is 1.50 bits per heavy atom. The molecule has 2 N–H and O–H groups in total. The number of amides is 1. The Balaban J connectivity index is 1.66. The zero-order valence-electron chi connectivity index (χ0n) is 17.2. The minimum atomic E-state index is -3.89. The summed E-state index contributed by atoms with van der Waals surface area (Å²) in [5.41, 5.74) is 1.91. The summed E-state index contributed by atoms with van der Waals surface area (Å²) < 4.78 is 28.1. The summed E-state index contributed by atoms with van der Waals surface area (Å²) in [7, 11) is -3.89. The van der Waals surface area contributed by atoms with Crippen molar-refractivity contribution in [1.29, 1.82) is 0 Å². The zero-order chi connectivity index (χ0) is 22.7. The molecule has 7 heteroatoms. The van der Waals surface area contributed by atoms with E-state index in [1.54, 1.807) is 36.4 Å². The van der Waals surface area contributed by atoms with E-state index in [9.17, 15) is 18.0 Å². The fourth-order valence-corrected chi connectivity index (χ4v) is 4.49. The van der Waals surface area contributed by atoms with Crippen molar-refractivity contribution in [2.75, 3.05) is 10.0 Å². The zero-order valence-corrected chi connectivity index (χ0v) is 18.0. The molecule has 0 aromatic heterocycles. The molecule has 0 spiro atoms. The van der Waals surface area contributed by atoms with E-state index >= 15 is 0 Å². The highest BCUT2D eigenvalue weighted by Crippen LogP contribution is 2.27. The lowest BCUT2D eigenvalue weighted by atomic mass is 10.0. The number of aldehydes is 1. The van der Waals surface area contributed by atoms with Gasteiger partial charge in [-0.05, 0) is 48.0 Å². The average molecular weight is 445 g/mol. The standard InChI is InChI=1S/C25H20N2O4S/c1-17-10-13-19(14-11-17)32(30,31)27-24-9-5-4-8-21(24)25(29)26-23-15-12-18-6-2-3-7-20(18)22(23)16-28/h2-16,27H,1H3,(H,26,29). The maximum Gasteiger partial charge on any atom is 0.261 e. The normalized spacial score (nSPS) is 11.2. The molecule has 4 rings (SSSR count). The predicted octanol–water partition coefficient (Wildman–Crippen LogP) is 5.01. The van der Waals surface area contributed by atoms with Crippen LogP contribution in [0.5, 0.6) is 0 Å². The average Bonchev–Trinajstić information content (AvgIpc) is 2.79. The van der Waals surface area contributed by atoms with Crippen LogP contribution in [0.4, 0.5) is 11.4 Å². The summed E-state index contributed by atoms with van der Waals surface area (Å²) in [6.07, 6.45) is 0.698. The van der Waals surface area contributed by atoms with E-state index < -0.39 is 15.9 Å². The second-order valence-electron chi connectivity index (χ2n) is 7.28. The van der Waals surface area contributed by atoms with Gasteiger partial charge >= 0.3 is 0 Å². The lowest BCUT2D eigenvalue weighted by molar-refractivity contribution is 0.102. The molecule has 0 aliphatic rings. The first kappa shape index (κ1) is 21.3. The highest BCUT2D eigenvalue weighted by Gasteiger charge is 2.19. The minimum absolute atomic E-state index is 0.0936. The van der Waals surface area contributed by atoms with Crippen molar-refractivity contribution in [3.05, 3.63) is 102 Å². The third-order valence-corrected chi connectivity index (χ3v) is 6.47. The number of hydrogen-bond donors (Lipinski definition) is 2. The molecule has 4 aromatic carbocycles. The Bertz CT molecular complexity index is 1430. The van der Waals surface area contributed by atoms with Gasteiger partial charge in [0.1, 0.15) is 0 Å². The minimum Gasteiger partial charge on any atom is -0.321 e. The molecule has 0 heterocycles. The third kappa shape index (κ3) is 4.24. The molecule has 0 saturated carbocycles. The Morgan fingerprint density at radius 1 is 0.812 bits per heavy atom. The molecule has 160 valence electrons. The van der Waals surface area contributed by atoms with Crippen molar-refractivity contribution in [3.63, 3.8) is 0 Å². The van der Waals surface area contributed by atoms with Gasteiger partial charge in [-0.25, -0.2) is 8.42 Å². The van der Waals surface area contributed by atoms with Gasteiger partial charge in [-0.15, -0.1) is 0 Å². The number of para-hydroxylation sites is 1. The van der Waals surface area contributed by atoms with Gasteiger partial charge in [0.2, 0.25) is 0 Å².